The number of nitrogens with one attached hydrogen (secondary N) is 1. The second kappa shape index (κ2) is 8.75. The van der Waals surface area contributed by atoms with Crippen molar-refractivity contribution in [1.29, 1.82) is 0 Å². The van der Waals surface area contributed by atoms with Crippen molar-refractivity contribution in [3.63, 3.8) is 0 Å². The van der Waals surface area contributed by atoms with E-state index in [1.54, 1.807) is 24.5 Å². The molecule has 0 radical (unpaired) electrons. The molecule has 3 aromatic rings. The van der Waals surface area contributed by atoms with Gasteiger partial charge < -0.3 is 19.4 Å². The van der Waals surface area contributed by atoms with Crippen molar-refractivity contribution in [1.82, 2.24) is 9.88 Å². The summed E-state index contributed by atoms with van der Waals surface area (Å²) < 4.78 is 12.4. The first-order valence-electron chi connectivity index (χ1n) is 8.79. The van der Waals surface area contributed by atoms with Gasteiger partial charge in [-0.05, 0) is 55.6 Å². The lowest BCUT2D eigenvalue weighted by molar-refractivity contribution is -0.124. The van der Waals surface area contributed by atoms with Crippen LogP contribution in [0.15, 0.2) is 47.8 Å². The number of methoxy groups -OCH3 is 1. The second-order valence-electron chi connectivity index (χ2n) is 6.25. The number of aryl methyl sites for hydroxylation is 1. The summed E-state index contributed by atoms with van der Waals surface area (Å²) in [6.07, 6.45) is 0. The highest BCUT2D eigenvalue weighted by molar-refractivity contribution is 7.09. The molecule has 0 atom stereocenters. The Bertz CT molecular complexity index is 959. The molecular weight excluding hydrogens is 376 g/mol. The van der Waals surface area contributed by atoms with Gasteiger partial charge in [-0.2, -0.15) is 0 Å². The monoisotopic (exact) mass is 398 g/mol. The average Bonchev–Trinajstić information content (AvgIpc) is 3.32. The van der Waals surface area contributed by atoms with E-state index in [0.717, 1.165) is 27.7 Å². The number of thiophene rings is 1. The number of carbonyl (C=O) groups excluding carboxylic acids is 2. The molecule has 0 aliphatic heterocycles. The molecule has 2 heterocycles. The van der Waals surface area contributed by atoms with Crippen molar-refractivity contribution in [2.75, 3.05) is 13.7 Å². The number of aromatic nitrogens is 1. The lowest BCUT2D eigenvalue weighted by atomic mass is 10.2. The van der Waals surface area contributed by atoms with Gasteiger partial charge in [-0.3, -0.25) is 4.79 Å². The molecule has 3 rings (SSSR count). The van der Waals surface area contributed by atoms with Gasteiger partial charge in [-0.15, -0.1) is 11.3 Å². The first-order valence-corrected chi connectivity index (χ1v) is 9.67. The molecule has 0 fully saturated rings. The Morgan fingerprint density at radius 3 is 2.54 bits per heavy atom. The minimum Gasteiger partial charge on any atom is -0.497 e. The number of hydrogen-bond acceptors (Lipinski definition) is 5. The highest BCUT2D eigenvalue weighted by Crippen LogP contribution is 2.23. The molecule has 1 amide bonds. The van der Waals surface area contributed by atoms with Crippen LogP contribution in [0, 0.1) is 13.8 Å². The van der Waals surface area contributed by atoms with E-state index in [1.807, 2.05) is 60.2 Å². The SMILES string of the molecule is COc1ccc(-n2c(C)cc(C(=O)OCC(=O)NCc3cccs3)c2C)cc1. The second-order valence-corrected chi connectivity index (χ2v) is 7.28. The van der Waals surface area contributed by atoms with Crippen molar-refractivity contribution in [3.8, 4) is 11.4 Å². The van der Waals surface area contributed by atoms with Crippen molar-refractivity contribution in [3.05, 3.63) is 69.7 Å². The zero-order valence-corrected chi connectivity index (χ0v) is 16.8. The quantitative estimate of drug-likeness (QED) is 0.617. The summed E-state index contributed by atoms with van der Waals surface area (Å²) in [5.74, 6) is -0.0794. The van der Waals surface area contributed by atoms with E-state index < -0.39 is 5.97 Å². The largest absolute Gasteiger partial charge is 0.497 e. The molecule has 0 saturated carbocycles. The fraction of sp³-hybridized carbons (Fsp3) is 0.238. The summed E-state index contributed by atoms with van der Waals surface area (Å²) >= 11 is 1.56. The molecule has 2 aromatic heterocycles. The van der Waals surface area contributed by atoms with E-state index in [1.165, 1.54) is 0 Å². The zero-order valence-electron chi connectivity index (χ0n) is 16.0. The summed E-state index contributed by atoms with van der Waals surface area (Å²) in [5, 5.41) is 4.68. The zero-order chi connectivity index (χ0) is 20.1. The van der Waals surface area contributed by atoms with Crippen LogP contribution in [0.1, 0.15) is 26.6 Å². The lowest BCUT2D eigenvalue weighted by Crippen LogP contribution is -2.28. The molecule has 0 spiro atoms. The first kappa shape index (κ1) is 19.7. The molecule has 0 saturated heterocycles. The van der Waals surface area contributed by atoms with Gasteiger partial charge in [0.15, 0.2) is 6.61 Å². The van der Waals surface area contributed by atoms with E-state index >= 15 is 0 Å². The maximum Gasteiger partial charge on any atom is 0.340 e. The van der Waals surface area contributed by atoms with Crippen LogP contribution in [0.3, 0.4) is 0 Å². The molecule has 28 heavy (non-hydrogen) atoms. The van der Waals surface area contributed by atoms with E-state index in [9.17, 15) is 9.59 Å². The fourth-order valence-corrected chi connectivity index (χ4v) is 3.60. The first-order chi connectivity index (χ1) is 13.5. The molecule has 0 bridgehead atoms. The van der Waals surface area contributed by atoms with Gasteiger partial charge >= 0.3 is 5.97 Å². The van der Waals surface area contributed by atoms with Gasteiger partial charge in [0.05, 0.1) is 19.2 Å². The number of ether oxygens (including phenoxy) is 2. The van der Waals surface area contributed by atoms with E-state index in [2.05, 4.69) is 5.32 Å². The fourth-order valence-electron chi connectivity index (χ4n) is 2.96. The van der Waals surface area contributed by atoms with Crippen molar-refractivity contribution in [2.45, 2.75) is 20.4 Å². The van der Waals surface area contributed by atoms with Gasteiger partial charge in [0.2, 0.25) is 0 Å². The molecule has 1 aromatic carbocycles. The van der Waals surface area contributed by atoms with E-state index in [-0.39, 0.29) is 12.5 Å². The summed E-state index contributed by atoms with van der Waals surface area (Å²) in [6, 6.07) is 13.2. The highest BCUT2D eigenvalue weighted by atomic mass is 32.1. The highest BCUT2D eigenvalue weighted by Gasteiger charge is 2.19. The molecule has 1 N–H and O–H groups in total. The molecule has 0 aliphatic carbocycles. The van der Waals surface area contributed by atoms with Crippen LogP contribution in [-0.4, -0.2) is 30.2 Å². The van der Waals surface area contributed by atoms with Gasteiger partial charge in [0, 0.05) is 22.0 Å². The van der Waals surface area contributed by atoms with Crippen LogP contribution in [-0.2, 0) is 16.1 Å². The molecule has 0 unspecified atom stereocenters. The van der Waals surface area contributed by atoms with Crippen LogP contribution in [0.25, 0.3) is 5.69 Å². The molecule has 146 valence electrons. The summed E-state index contributed by atoms with van der Waals surface area (Å²) in [4.78, 5) is 25.4. The number of amides is 1. The number of rotatable bonds is 7. The number of carbonyl (C=O) groups is 2. The molecule has 0 aliphatic rings. The Labute approximate surface area is 167 Å². The number of nitrogens with zero attached hydrogens (tertiary/aromatic N) is 1. The van der Waals surface area contributed by atoms with Crippen molar-refractivity contribution < 1.29 is 19.1 Å². The Balaban J connectivity index is 1.64. The third-order valence-electron chi connectivity index (χ3n) is 4.36. The van der Waals surface area contributed by atoms with Crippen LogP contribution in [0.4, 0.5) is 0 Å². The maximum atomic E-state index is 12.5. The minimum absolute atomic E-state index is 0.309. The Kier molecular flexibility index (Phi) is 6.16. The van der Waals surface area contributed by atoms with Gasteiger partial charge in [0.25, 0.3) is 5.91 Å². The van der Waals surface area contributed by atoms with Gasteiger partial charge in [-0.1, -0.05) is 6.07 Å². The predicted molar refractivity (Wildman–Crippen MR) is 108 cm³/mol. The smallest absolute Gasteiger partial charge is 0.340 e. The summed E-state index contributed by atoms with van der Waals surface area (Å²) in [5.41, 5.74) is 3.02. The standard InChI is InChI=1S/C21H22N2O4S/c1-14-11-19(15(2)23(14)16-6-8-17(26-3)9-7-16)21(25)27-13-20(24)22-12-18-5-4-10-28-18/h4-11H,12-13H2,1-3H3,(H,22,24). The number of hydrogen-bond donors (Lipinski definition) is 1. The third kappa shape index (κ3) is 4.43. The normalized spacial score (nSPS) is 10.5. The average molecular weight is 398 g/mol. The van der Waals surface area contributed by atoms with Crippen molar-refractivity contribution in [2.24, 2.45) is 0 Å². The third-order valence-corrected chi connectivity index (χ3v) is 5.23. The Morgan fingerprint density at radius 2 is 1.89 bits per heavy atom. The molecule has 7 heteroatoms. The Morgan fingerprint density at radius 1 is 1.14 bits per heavy atom. The van der Waals surface area contributed by atoms with E-state index in [4.69, 9.17) is 9.47 Å². The van der Waals surface area contributed by atoms with Crippen LogP contribution in [0.2, 0.25) is 0 Å². The maximum absolute atomic E-state index is 12.5. The van der Waals surface area contributed by atoms with Gasteiger partial charge in [0.1, 0.15) is 5.75 Å². The van der Waals surface area contributed by atoms with Crippen LogP contribution < -0.4 is 10.1 Å². The van der Waals surface area contributed by atoms with Crippen LogP contribution in [0.5, 0.6) is 5.75 Å². The summed E-state index contributed by atoms with van der Waals surface area (Å²) in [7, 11) is 1.62. The van der Waals surface area contributed by atoms with Crippen molar-refractivity contribution >= 4 is 23.2 Å². The summed E-state index contributed by atoms with van der Waals surface area (Å²) in [6.45, 7) is 3.89. The van der Waals surface area contributed by atoms with Gasteiger partial charge in [-0.25, -0.2) is 4.79 Å². The lowest BCUT2D eigenvalue weighted by Gasteiger charge is -2.11. The molecular formula is C21H22N2O4S. The number of esters is 1. The predicted octanol–water partition coefficient (Wildman–Crippen LogP) is 3.64. The molecule has 6 nitrogen and oxygen atoms in total. The topological polar surface area (TPSA) is 69.6 Å². The minimum atomic E-state index is -0.515. The van der Waals surface area contributed by atoms with E-state index in [0.29, 0.717) is 12.1 Å². The Hall–Kier alpha value is -3.06. The van der Waals surface area contributed by atoms with Crippen LogP contribution >= 0.6 is 11.3 Å². The number of benzene rings is 1.